The van der Waals surface area contributed by atoms with E-state index in [1.807, 2.05) is 19.1 Å². The van der Waals surface area contributed by atoms with E-state index >= 15 is 0 Å². The Balaban J connectivity index is 1.72. The Bertz CT molecular complexity index is 768. The molecule has 21 heavy (non-hydrogen) atoms. The number of H-pyrrole nitrogens is 1. The molecule has 0 saturated heterocycles. The van der Waals surface area contributed by atoms with E-state index < -0.39 is 5.91 Å². The maximum atomic E-state index is 11.6. The second-order valence-electron chi connectivity index (χ2n) is 4.29. The summed E-state index contributed by atoms with van der Waals surface area (Å²) < 4.78 is 10.5. The van der Waals surface area contributed by atoms with Gasteiger partial charge in [0.2, 0.25) is 0 Å². The second-order valence-corrected chi connectivity index (χ2v) is 4.29. The van der Waals surface area contributed by atoms with Crippen LogP contribution in [0.25, 0.3) is 11.5 Å². The van der Waals surface area contributed by atoms with Crippen LogP contribution in [-0.2, 0) is 0 Å². The Morgan fingerprint density at radius 2 is 2.33 bits per heavy atom. The monoisotopic (exact) mass is 284 g/mol. The fraction of sp³-hybridized carbons (Fsp3) is 0.0714. The van der Waals surface area contributed by atoms with Crippen molar-refractivity contribution in [3.8, 4) is 11.5 Å². The number of aryl methyl sites for hydroxylation is 1. The van der Waals surface area contributed by atoms with Crippen LogP contribution in [0.4, 0.5) is 0 Å². The molecule has 0 bridgehead atoms. The molecular formula is C14H12N4O3. The summed E-state index contributed by atoms with van der Waals surface area (Å²) in [6, 6.07) is 6.88. The van der Waals surface area contributed by atoms with E-state index in [0.717, 1.165) is 5.76 Å². The quantitative estimate of drug-likeness (QED) is 0.567. The van der Waals surface area contributed by atoms with Crippen molar-refractivity contribution < 1.29 is 13.6 Å². The lowest BCUT2D eigenvalue weighted by Crippen LogP contribution is -2.16. The van der Waals surface area contributed by atoms with Crippen LogP contribution in [0, 0.1) is 6.92 Å². The summed E-state index contributed by atoms with van der Waals surface area (Å²) in [5, 5.41) is 10.7. The largest absolute Gasteiger partial charge is 0.460 e. The van der Waals surface area contributed by atoms with Crippen molar-refractivity contribution in [3.05, 3.63) is 53.8 Å². The summed E-state index contributed by atoms with van der Waals surface area (Å²) >= 11 is 0. The number of furan rings is 2. The number of amides is 1. The fourth-order valence-electron chi connectivity index (χ4n) is 1.78. The maximum Gasteiger partial charge on any atom is 0.307 e. The highest BCUT2D eigenvalue weighted by Crippen LogP contribution is 2.22. The van der Waals surface area contributed by atoms with Gasteiger partial charge >= 0.3 is 5.91 Å². The molecule has 3 aromatic heterocycles. The van der Waals surface area contributed by atoms with E-state index in [9.17, 15) is 4.79 Å². The first kappa shape index (κ1) is 12.9. The first-order valence-corrected chi connectivity index (χ1v) is 6.21. The van der Waals surface area contributed by atoms with Gasteiger partial charge < -0.3 is 8.83 Å². The third kappa shape index (κ3) is 2.76. The minimum Gasteiger partial charge on any atom is -0.460 e. The highest BCUT2D eigenvalue weighted by Gasteiger charge is 2.10. The molecule has 0 fully saturated rings. The normalized spacial score (nSPS) is 11.1. The van der Waals surface area contributed by atoms with Gasteiger partial charge in [-0.25, -0.2) is 5.43 Å². The summed E-state index contributed by atoms with van der Waals surface area (Å²) in [5.74, 6) is 1.23. The third-order valence-corrected chi connectivity index (χ3v) is 2.77. The predicted molar refractivity (Wildman–Crippen MR) is 74.8 cm³/mol. The Morgan fingerprint density at radius 3 is 3.05 bits per heavy atom. The van der Waals surface area contributed by atoms with Gasteiger partial charge in [0.05, 0.1) is 18.7 Å². The molecule has 0 unspecified atom stereocenters. The van der Waals surface area contributed by atoms with Gasteiger partial charge in [-0.2, -0.15) is 10.2 Å². The average molecular weight is 284 g/mol. The molecule has 0 saturated carbocycles. The third-order valence-electron chi connectivity index (χ3n) is 2.77. The van der Waals surface area contributed by atoms with Gasteiger partial charge in [-0.05, 0) is 31.2 Å². The molecule has 0 radical (unpaired) electrons. The summed E-state index contributed by atoms with van der Waals surface area (Å²) in [6.07, 6.45) is 4.50. The standard InChI is InChI=1S/C14H12N4O3/c1-9-4-5-11(21-9)13-10(7-15-17-13)8-16-18-14(19)12-3-2-6-20-12/h2-8H,1H3,(H,15,17)(H,18,19). The summed E-state index contributed by atoms with van der Waals surface area (Å²) in [4.78, 5) is 11.6. The molecule has 0 aliphatic carbocycles. The first-order valence-electron chi connectivity index (χ1n) is 6.21. The minimum absolute atomic E-state index is 0.196. The SMILES string of the molecule is Cc1ccc(-c2[nH]ncc2C=NNC(=O)c2ccco2)o1. The lowest BCUT2D eigenvalue weighted by atomic mass is 10.2. The fourth-order valence-corrected chi connectivity index (χ4v) is 1.78. The summed E-state index contributed by atoms with van der Waals surface area (Å²) in [7, 11) is 0. The number of hydrogen-bond donors (Lipinski definition) is 2. The van der Waals surface area contributed by atoms with Gasteiger partial charge in [0.15, 0.2) is 11.5 Å². The molecule has 7 heteroatoms. The van der Waals surface area contributed by atoms with Gasteiger partial charge in [0.25, 0.3) is 0 Å². The van der Waals surface area contributed by atoms with E-state index in [-0.39, 0.29) is 5.76 Å². The van der Waals surface area contributed by atoms with Crippen LogP contribution in [0.5, 0.6) is 0 Å². The van der Waals surface area contributed by atoms with Gasteiger partial charge in [-0.15, -0.1) is 0 Å². The van der Waals surface area contributed by atoms with Crippen molar-refractivity contribution in [3.63, 3.8) is 0 Å². The van der Waals surface area contributed by atoms with Crippen LogP contribution in [0.3, 0.4) is 0 Å². The van der Waals surface area contributed by atoms with Crippen LogP contribution >= 0.6 is 0 Å². The highest BCUT2D eigenvalue weighted by atomic mass is 16.3. The second kappa shape index (κ2) is 5.49. The Kier molecular flexibility index (Phi) is 3.38. The van der Waals surface area contributed by atoms with Gasteiger partial charge in [0.1, 0.15) is 11.5 Å². The van der Waals surface area contributed by atoms with E-state index in [1.165, 1.54) is 12.5 Å². The number of hydrazone groups is 1. The predicted octanol–water partition coefficient (Wildman–Crippen LogP) is 2.34. The molecule has 0 aromatic carbocycles. The molecule has 2 N–H and O–H groups in total. The molecule has 3 heterocycles. The van der Waals surface area contributed by atoms with E-state index in [1.54, 1.807) is 18.3 Å². The molecule has 106 valence electrons. The Morgan fingerprint density at radius 1 is 1.43 bits per heavy atom. The van der Waals surface area contributed by atoms with Crippen molar-refractivity contribution in [1.29, 1.82) is 0 Å². The Labute approximate surface area is 119 Å². The van der Waals surface area contributed by atoms with Crippen LogP contribution in [0.2, 0.25) is 0 Å². The molecule has 3 aromatic rings. The number of aromatic nitrogens is 2. The molecule has 0 atom stereocenters. The molecular weight excluding hydrogens is 272 g/mol. The van der Waals surface area contributed by atoms with Crippen LogP contribution < -0.4 is 5.43 Å². The smallest absolute Gasteiger partial charge is 0.307 e. The molecule has 0 aliphatic rings. The van der Waals surface area contributed by atoms with Gasteiger partial charge in [-0.1, -0.05) is 0 Å². The lowest BCUT2D eigenvalue weighted by Gasteiger charge is -1.96. The van der Waals surface area contributed by atoms with Crippen molar-refractivity contribution in [2.45, 2.75) is 6.92 Å². The van der Waals surface area contributed by atoms with E-state index in [2.05, 4.69) is 20.7 Å². The number of hydrogen-bond acceptors (Lipinski definition) is 5. The maximum absolute atomic E-state index is 11.6. The van der Waals surface area contributed by atoms with Gasteiger partial charge in [0, 0.05) is 5.56 Å². The number of carbonyl (C=O) groups is 1. The highest BCUT2D eigenvalue weighted by molar-refractivity contribution is 5.93. The van der Waals surface area contributed by atoms with Gasteiger partial charge in [-0.3, -0.25) is 9.89 Å². The molecule has 0 spiro atoms. The number of nitrogens with one attached hydrogen (secondary N) is 2. The average Bonchev–Trinajstić information content (AvgIpc) is 3.19. The number of rotatable bonds is 4. The zero-order chi connectivity index (χ0) is 14.7. The van der Waals surface area contributed by atoms with Crippen molar-refractivity contribution in [1.82, 2.24) is 15.6 Å². The van der Waals surface area contributed by atoms with Crippen molar-refractivity contribution >= 4 is 12.1 Å². The van der Waals surface area contributed by atoms with Crippen LogP contribution in [0.15, 0.2) is 50.7 Å². The molecule has 1 amide bonds. The number of carbonyl (C=O) groups excluding carboxylic acids is 1. The molecule has 7 nitrogen and oxygen atoms in total. The lowest BCUT2D eigenvalue weighted by molar-refractivity contribution is 0.0927. The summed E-state index contributed by atoms with van der Waals surface area (Å²) in [5.41, 5.74) is 3.76. The minimum atomic E-state index is -0.421. The molecule has 3 rings (SSSR count). The Hall–Kier alpha value is -3.09. The number of nitrogens with zero attached hydrogens (tertiary/aromatic N) is 2. The van der Waals surface area contributed by atoms with E-state index in [0.29, 0.717) is 17.0 Å². The van der Waals surface area contributed by atoms with Crippen molar-refractivity contribution in [2.24, 2.45) is 5.10 Å². The van der Waals surface area contributed by atoms with Crippen molar-refractivity contribution in [2.75, 3.05) is 0 Å². The zero-order valence-corrected chi connectivity index (χ0v) is 11.2. The van der Waals surface area contributed by atoms with Crippen LogP contribution in [-0.4, -0.2) is 22.3 Å². The first-order chi connectivity index (χ1) is 10.2. The van der Waals surface area contributed by atoms with E-state index in [4.69, 9.17) is 8.83 Å². The van der Waals surface area contributed by atoms with Crippen LogP contribution in [0.1, 0.15) is 21.9 Å². The zero-order valence-electron chi connectivity index (χ0n) is 11.2. The number of aromatic amines is 1. The summed E-state index contributed by atoms with van der Waals surface area (Å²) in [6.45, 7) is 1.86. The topological polar surface area (TPSA) is 96.4 Å². The molecule has 0 aliphatic heterocycles.